The number of hydrogen-bond donors (Lipinski definition) is 2. The minimum absolute atomic E-state index is 0.115. The molecule has 0 fully saturated rings. The quantitative estimate of drug-likeness (QED) is 0.631. The van der Waals surface area contributed by atoms with Crippen LogP contribution in [0.2, 0.25) is 0 Å². The molecule has 0 aromatic heterocycles. The van der Waals surface area contributed by atoms with Crippen molar-refractivity contribution < 1.29 is 23.6 Å². The van der Waals surface area contributed by atoms with Crippen molar-refractivity contribution in [3.8, 4) is 0 Å². The molecule has 0 radical (unpaired) electrons. The van der Waals surface area contributed by atoms with Gasteiger partial charge in [-0.2, -0.15) is 0 Å². The zero-order valence-electron chi connectivity index (χ0n) is 17.0. The molecule has 1 atom stereocenters. The Morgan fingerprint density at radius 3 is 2.71 bits per heavy atom. The normalized spacial score (nSPS) is 13.5. The first kappa shape index (κ1) is 21.9. The molecule has 4 amide bonds. The largest absolute Gasteiger partial charge is 0.368 e. The van der Waals surface area contributed by atoms with Crippen LogP contribution in [0.5, 0.6) is 0 Å². The van der Waals surface area contributed by atoms with Crippen molar-refractivity contribution in [1.82, 2.24) is 9.80 Å². The molecule has 8 nitrogen and oxygen atoms in total. The van der Waals surface area contributed by atoms with Crippen LogP contribution in [0, 0.1) is 5.82 Å². The number of primary amides is 1. The highest BCUT2D eigenvalue weighted by Crippen LogP contribution is 2.29. The summed E-state index contributed by atoms with van der Waals surface area (Å²) in [4.78, 5) is 50.7. The number of aldehydes is 1. The molecule has 1 heterocycles. The number of benzene rings is 2. The molecular formula is C22H23FN4O4. The van der Waals surface area contributed by atoms with Crippen molar-refractivity contribution >= 4 is 29.8 Å². The van der Waals surface area contributed by atoms with E-state index in [9.17, 15) is 23.6 Å². The molecule has 9 heteroatoms. The predicted octanol–water partition coefficient (Wildman–Crippen LogP) is 2.28. The van der Waals surface area contributed by atoms with Crippen LogP contribution in [0.4, 0.5) is 14.9 Å². The predicted molar refractivity (Wildman–Crippen MR) is 111 cm³/mol. The van der Waals surface area contributed by atoms with Crippen LogP contribution < -0.4 is 11.1 Å². The number of nitrogens with zero attached hydrogens (tertiary/aromatic N) is 2. The summed E-state index contributed by atoms with van der Waals surface area (Å²) in [6, 6.07) is 9.41. The SMILES string of the molecule is CN(Cc1cccc2c1CN(C(CCC=O)C(N)=O)C2=O)C(=O)Nc1cccc(F)c1. The molecule has 3 N–H and O–H groups in total. The van der Waals surface area contributed by atoms with E-state index < -0.39 is 23.8 Å². The highest BCUT2D eigenvalue weighted by atomic mass is 19.1. The Kier molecular flexibility index (Phi) is 6.64. The fraction of sp³-hybridized carbons (Fsp3) is 0.273. The van der Waals surface area contributed by atoms with E-state index in [4.69, 9.17) is 5.73 Å². The number of fused-ring (bicyclic) bond motifs is 1. The van der Waals surface area contributed by atoms with Crippen LogP contribution in [0.3, 0.4) is 0 Å². The Hall–Kier alpha value is -3.75. The van der Waals surface area contributed by atoms with E-state index in [1.807, 2.05) is 0 Å². The molecule has 2 aromatic carbocycles. The lowest BCUT2D eigenvalue weighted by Gasteiger charge is -2.24. The molecular weight excluding hydrogens is 403 g/mol. The lowest BCUT2D eigenvalue weighted by molar-refractivity contribution is -0.122. The number of rotatable bonds is 8. The summed E-state index contributed by atoms with van der Waals surface area (Å²) < 4.78 is 13.3. The van der Waals surface area contributed by atoms with Gasteiger partial charge in [0.05, 0.1) is 0 Å². The average Bonchev–Trinajstić information content (AvgIpc) is 3.05. The van der Waals surface area contributed by atoms with E-state index in [0.29, 0.717) is 23.1 Å². The maximum absolute atomic E-state index is 13.3. The Bertz CT molecular complexity index is 1030. The summed E-state index contributed by atoms with van der Waals surface area (Å²) in [5.74, 6) is -1.46. The van der Waals surface area contributed by atoms with Crippen molar-refractivity contribution in [1.29, 1.82) is 0 Å². The molecule has 2 aromatic rings. The lowest BCUT2D eigenvalue weighted by atomic mass is 10.0. The highest BCUT2D eigenvalue weighted by Gasteiger charge is 2.36. The first-order valence-corrected chi connectivity index (χ1v) is 9.74. The molecule has 31 heavy (non-hydrogen) atoms. The van der Waals surface area contributed by atoms with Gasteiger partial charge >= 0.3 is 6.03 Å². The van der Waals surface area contributed by atoms with Gasteiger partial charge in [-0.3, -0.25) is 9.59 Å². The number of anilines is 1. The average molecular weight is 426 g/mol. The van der Waals surface area contributed by atoms with E-state index in [0.717, 1.165) is 5.56 Å². The number of nitrogens with two attached hydrogens (primary N) is 1. The van der Waals surface area contributed by atoms with Crippen LogP contribution in [-0.2, 0) is 22.7 Å². The van der Waals surface area contributed by atoms with Crippen molar-refractivity contribution in [3.63, 3.8) is 0 Å². The molecule has 0 aliphatic carbocycles. The van der Waals surface area contributed by atoms with E-state index in [2.05, 4.69) is 5.32 Å². The Morgan fingerprint density at radius 1 is 1.29 bits per heavy atom. The molecule has 0 saturated carbocycles. The third-order valence-electron chi connectivity index (χ3n) is 5.19. The summed E-state index contributed by atoms with van der Waals surface area (Å²) in [6.07, 6.45) is 0.953. The summed E-state index contributed by atoms with van der Waals surface area (Å²) in [6.45, 7) is 0.358. The van der Waals surface area contributed by atoms with E-state index >= 15 is 0 Å². The van der Waals surface area contributed by atoms with Gasteiger partial charge in [-0.1, -0.05) is 18.2 Å². The topological polar surface area (TPSA) is 113 Å². The van der Waals surface area contributed by atoms with Crippen LogP contribution in [0.25, 0.3) is 0 Å². The van der Waals surface area contributed by atoms with Gasteiger partial charge in [-0.15, -0.1) is 0 Å². The Labute approximate surface area is 178 Å². The van der Waals surface area contributed by atoms with Crippen molar-refractivity contribution in [3.05, 3.63) is 65.0 Å². The maximum Gasteiger partial charge on any atom is 0.321 e. The first-order chi connectivity index (χ1) is 14.8. The van der Waals surface area contributed by atoms with Gasteiger partial charge in [0.15, 0.2) is 0 Å². The first-order valence-electron chi connectivity index (χ1n) is 9.74. The zero-order chi connectivity index (χ0) is 22.5. The lowest BCUT2D eigenvalue weighted by Crippen LogP contribution is -2.44. The number of carbonyl (C=O) groups is 4. The molecule has 1 unspecified atom stereocenters. The van der Waals surface area contributed by atoms with Gasteiger partial charge in [-0.05, 0) is 41.8 Å². The maximum atomic E-state index is 13.3. The van der Waals surface area contributed by atoms with E-state index in [-0.39, 0.29) is 31.8 Å². The van der Waals surface area contributed by atoms with Crippen molar-refractivity contribution in [2.75, 3.05) is 12.4 Å². The van der Waals surface area contributed by atoms with Crippen LogP contribution in [-0.4, -0.2) is 47.0 Å². The van der Waals surface area contributed by atoms with Gasteiger partial charge in [0, 0.05) is 37.8 Å². The minimum atomic E-state index is -0.882. The molecule has 3 rings (SSSR count). The van der Waals surface area contributed by atoms with E-state index in [1.165, 1.54) is 28.0 Å². The van der Waals surface area contributed by atoms with Gasteiger partial charge in [0.25, 0.3) is 5.91 Å². The van der Waals surface area contributed by atoms with Gasteiger partial charge < -0.3 is 25.6 Å². The highest BCUT2D eigenvalue weighted by molar-refractivity contribution is 6.01. The number of urea groups is 1. The number of hydrogen-bond acceptors (Lipinski definition) is 4. The smallest absolute Gasteiger partial charge is 0.321 e. The summed E-state index contributed by atoms with van der Waals surface area (Å²) in [5.41, 5.74) is 7.67. The third kappa shape index (κ3) is 4.88. The number of halogens is 1. The molecule has 162 valence electrons. The molecule has 0 bridgehead atoms. The third-order valence-corrected chi connectivity index (χ3v) is 5.19. The molecule has 0 spiro atoms. The Morgan fingerprint density at radius 2 is 2.03 bits per heavy atom. The summed E-state index contributed by atoms with van der Waals surface area (Å²) in [5, 5.41) is 2.62. The Balaban J connectivity index is 1.76. The molecule has 0 saturated heterocycles. The number of nitrogens with one attached hydrogen (secondary N) is 1. The monoisotopic (exact) mass is 426 g/mol. The van der Waals surface area contributed by atoms with Crippen molar-refractivity contribution in [2.24, 2.45) is 5.73 Å². The number of carbonyl (C=O) groups excluding carboxylic acids is 4. The fourth-order valence-corrected chi connectivity index (χ4v) is 3.61. The van der Waals surface area contributed by atoms with Crippen LogP contribution in [0.1, 0.15) is 34.3 Å². The zero-order valence-corrected chi connectivity index (χ0v) is 17.0. The second-order valence-electron chi connectivity index (χ2n) is 7.34. The van der Waals surface area contributed by atoms with E-state index in [1.54, 1.807) is 31.3 Å². The van der Waals surface area contributed by atoms with Gasteiger partial charge in [0.2, 0.25) is 5.91 Å². The van der Waals surface area contributed by atoms with Gasteiger partial charge in [0.1, 0.15) is 18.1 Å². The molecule has 1 aliphatic heterocycles. The minimum Gasteiger partial charge on any atom is -0.368 e. The summed E-state index contributed by atoms with van der Waals surface area (Å²) in [7, 11) is 1.58. The second kappa shape index (κ2) is 9.38. The molecule has 1 aliphatic rings. The van der Waals surface area contributed by atoms with Gasteiger partial charge in [-0.25, -0.2) is 9.18 Å². The van der Waals surface area contributed by atoms with Crippen LogP contribution in [0.15, 0.2) is 42.5 Å². The second-order valence-corrected chi connectivity index (χ2v) is 7.34. The van der Waals surface area contributed by atoms with Crippen LogP contribution >= 0.6 is 0 Å². The fourth-order valence-electron chi connectivity index (χ4n) is 3.61. The number of amides is 4. The standard InChI is InChI=1S/C22H23FN4O4/c1-26(22(31)25-16-7-3-6-15(23)11-16)12-14-5-2-8-17-18(14)13-27(21(17)30)19(20(24)29)9-4-10-28/h2-3,5-8,10-11,19H,4,9,12-13H2,1H3,(H2,24,29)(H,25,31). The van der Waals surface area contributed by atoms with Crippen molar-refractivity contribution in [2.45, 2.75) is 32.0 Å². The summed E-state index contributed by atoms with van der Waals surface area (Å²) >= 11 is 0.